The van der Waals surface area contributed by atoms with E-state index in [1.54, 1.807) is 0 Å². The minimum absolute atomic E-state index is 0.0820. The summed E-state index contributed by atoms with van der Waals surface area (Å²) in [6.45, 7) is 7.87. The van der Waals surface area contributed by atoms with Crippen molar-refractivity contribution in [1.29, 1.82) is 0 Å². The Morgan fingerprint density at radius 1 is 0.750 bits per heavy atom. The summed E-state index contributed by atoms with van der Waals surface area (Å²) in [5.74, 6) is 0.0836. The van der Waals surface area contributed by atoms with Crippen LogP contribution in [0.4, 0.5) is 0 Å². The Bertz CT molecular complexity index is 877. The van der Waals surface area contributed by atoms with Crippen LogP contribution in [0.5, 0.6) is 0 Å². The molecule has 0 saturated carbocycles. The molecular weight excluding hydrogens is 342 g/mol. The number of nitrogens with zero attached hydrogens (tertiary/aromatic N) is 1. The summed E-state index contributed by atoms with van der Waals surface area (Å²) in [5, 5.41) is 0. The molecule has 2 nitrogen and oxygen atoms in total. The first-order chi connectivity index (χ1) is 13.4. The smallest absolute Gasteiger partial charge is 0.254 e. The Kier molecular flexibility index (Phi) is 6.30. The lowest BCUT2D eigenvalue weighted by atomic mass is 9.86. The lowest BCUT2D eigenvalue weighted by molar-refractivity contribution is 0.0745. The van der Waals surface area contributed by atoms with E-state index >= 15 is 0 Å². The SMILES string of the molecule is CC(C)(C)c1ccc(C(=O)N(CCc2ccccc2)Cc2ccccc2)cc1. The van der Waals surface area contributed by atoms with Crippen LogP contribution >= 0.6 is 0 Å². The lowest BCUT2D eigenvalue weighted by Gasteiger charge is -2.24. The minimum atomic E-state index is 0.0820. The van der Waals surface area contributed by atoms with Crippen molar-refractivity contribution >= 4 is 5.91 Å². The quantitative estimate of drug-likeness (QED) is 0.531. The fourth-order valence-corrected chi connectivity index (χ4v) is 3.26. The van der Waals surface area contributed by atoms with Gasteiger partial charge in [-0.25, -0.2) is 0 Å². The van der Waals surface area contributed by atoms with Crippen LogP contribution in [0.25, 0.3) is 0 Å². The van der Waals surface area contributed by atoms with Crippen LogP contribution in [0.2, 0.25) is 0 Å². The zero-order valence-corrected chi connectivity index (χ0v) is 17.1. The van der Waals surface area contributed by atoms with Gasteiger partial charge in [0.05, 0.1) is 0 Å². The zero-order chi connectivity index (χ0) is 20.0. The molecule has 3 aromatic rings. The lowest BCUT2D eigenvalue weighted by Crippen LogP contribution is -2.32. The molecule has 0 aromatic heterocycles. The molecule has 2 heteroatoms. The van der Waals surface area contributed by atoms with E-state index in [2.05, 4.69) is 57.2 Å². The van der Waals surface area contributed by atoms with Gasteiger partial charge in [-0.2, -0.15) is 0 Å². The molecule has 0 N–H and O–H groups in total. The van der Waals surface area contributed by atoms with Gasteiger partial charge in [0.25, 0.3) is 5.91 Å². The van der Waals surface area contributed by atoms with Gasteiger partial charge < -0.3 is 4.90 Å². The second-order valence-corrected chi connectivity index (χ2v) is 8.28. The number of rotatable bonds is 6. The first kappa shape index (κ1) is 19.9. The van der Waals surface area contributed by atoms with E-state index in [9.17, 15) is 4.79 Å². The summed E-state index contributed by atoms with van der Waals surface area (Å²) in [7, 11) is 0. The van der Waals surface area contributed by atoms with E-state index in [-0.39, 0.29) is 11.3 Å². The molecule has 0 aliphatic rings. The highest BCUT2D eigenvalue weighted by Crippen LogP contribution is 2.23. The molecule has 0 aliphatic heterocycles. The highest BCUT2D eigenvalue weighted by atomic mass is 16.2. The largest absolute Gasteiger partial charge is 0.334 e. The van der Waals surface area contributed by atoms with Crippen LogP contribution in [-0.2, 0) is 18.4 Å². The average Bonchev–Trinajstić information content (AvgIpc) is 2.71. The standard InChI is InChI=1S/C26H29NO/c1-26(2,3)24-16-14-23(15-17-24)25(28)27(20-22-12-8-5-9-13-22)19-18-21-10-6-4-7-11-21/h4-17H,18-20H2,1-3H3. The van der Waals surface area contributed by atoms with Crippen molar-refractivity contribution < 1.29 is 4.79 Å². The van der Waals surface area contributed by atoms with Crippen molar-refractivity contribution in [3.05, 3.63) is 107 Å². The molecule has 3 rings (SSSR count). The van der Waals surface area contributed by atoms with Gasteiger partial charge in [-0.3, -0.25) is 4.79 Å². The van der Waals surface area contributed by atoms with Crippen molar-refractivity contribution in [3.8, 4) is 0 Å². The van der Waals surface area contributed by atoms with Crippen LogP contribution in [0.3, 0.4) is 0 Å². The van der Waals surface area contributed by atoms with E-state index in [0.717, 1.165) is 17.5 Å². The van der Waals surface area contributed by atoms with E-state index < -0.39 is 0 Å². The van der Waals surface area contributed by atoms with Gasteiger partial charge in [0, 0.05) is 18.7 Å². The van der Waals surface area contributed by atoms with Gasteiger partial charge in [0.1, 0.15) is 0 Å². The zero-order valence-electron chi connectivity index (χ0n) is 17.1. The Hall–Kier alpha value is -2.87. The third-order valence-corrected chi connectivity index (χ3v) is 5.01. The highest BCUT2D eigenvalue weighted by molar-refractivity contribution is 5.94. The fourth-order valence-electron chi connectivity index (χ4n) is 3.26. The van der Waals surface area contributed by atoms with E-state index in [0.29, 0.717) is 13.1 Å². The maximum atomic E-state index is 13.3. The highest BCUT2D eigenvalue weighted by Gasteiger charge is 2.18. The summed E-state index contributed by atoms with van der Waals surface area (Å²) < 4.78 is 0. The maximum Gasteiger partial charge on any atom is 0.254 e. The normalized spacial score (nSPS) is 11.2. The molecule has 0 fully saturated rings. The van der Waals surface area contributed by atoms with Crippen molar-refractivity contribution in [1.82, 2.24) is 4.90 Å². The molecule has 1 amide bonds. The molecule has 28 heavy (non-hydrogen) atoms. The van der Waals surface area contributed by atoms with Crippen molar-refractivity contribution in [3.63, 3.8) is 0 Å². The minimum Gasteiger partial charge on any atom is -0.334 e. The van der Waals surface area contributed by atoms with Gasteiger partial charge in [-0.15, -0.1) is 0 Å². The maximum absolute atomic E-state index is 13.3. The third-order valence-electron chi connectivity index (χ3n) is 5.01. The van der Waals surface area contributed by atoms with Crippen molar-refractivity contribution in [2.24, 2.45) is 0 Å². The second kappa shape index (κ2) is 8.88. The Labute approximate surface area is 168 Å². The predicted octanol–water partition coefficient (Wildman–Crippen LogP) is 5.87. The molecule has 144 valence electrons. The molecule has 3 aromatic carbocycles. The molecule has 0 radical (unpaired) electrons. The first-order valence-corrected chi connectivity index (χ1v) is 9.91. The molecule has 0 unspecified atom stereocenters. The molecule has 0 heterocycles. The topological polar surface area (TPSA) is 20.3 Å². The van der Waals surface area contributed by atoms with Gasteiger partial charge in [0.15, 0.2) is 0 Å². The summed E-state index contributed by atoms with van der Waals surface area (Å²) in [4.78, 5) is 15.2. The Morgan fingerprint density at radius 2 is 1.29 bits per heavy atom. The number of carbonyl (C=O) groups is 1. The van der Waals surface area contributed by atoms with Crippen LogP contribution in [0, 0.1) is 0 Å². The number of carbonyl (C=O) groups excluding carboxylic acids is 1. The van der Waals surface area contributed by atoms with Gasteiger partial charge in [0.2, 0.25) is 0 Å². The predicted molar refractivity (Wildman–Crippen MR) is 116 cm³/mol. The summed E-state index contributed by atoms with van der Waals surface area (Å²) in [6.07, 6.45) is 0.847. The number of hydrogen-bond acceptors (Lipinski definition) is 1. The average molecular weight is 372 g/mol. The molecule has 0 atom stereocenters. The third kappa shape index (κ3) is 5.32. The second-order valence-electron chi connectivity index (χ2n) is 8.28. The number of hydrogen-bond donors (Lipinski definition) is 0. The fraction of sp³-hybridized carbons (Fsp3) is 0.269. The summed E-state index contributed by atoms with van der Waals surface area (Å²) in [6, 6.07) is 28.6. The van der Waals surface area contributed by atoms with Crippen LogP contribution in [-0.4, -0.2) is 17.4 Å². The van der Waals surface area contributed by atoms with Crippen LogP contribution in [0.1, 0.15) is 47.8 Å². The van der Waals surface area contributed by atoms with Crippen molar-refractivity contribution in [2.45, 2.75) is 39.2 Å². The van der Waals surface area contributed by atoms with E-state index in [4.69, 9.17) is 0 Å². The van der Waals surface area contributed by atoms with Crippen LogP contribution < -0.4 is 0 Å². The first-order valence-electron chi connectivity index (χ1n) is 9.91. The Morgan fingerprint density at radius 3 is 1.82 bits per heavy atom. The van der Waals surface area contributed by atoms with Gasteiger partial charge >= 0.3 is 0 Å². The Balaban J connectivity index is 1.79. The van der Waals surface area contributed by atoms with Gasteiger partial charge in [-0.05, 0) is 40.7 Å². The van der Waals surface area contributed by atoms with Gasteiger partial charge in [-0.1, -0.05) is 93.6 Å². The molecule has 0 bridgehead atoms. The van der Waals surface area contributed by atoms with Crippen molar-refractivity contribution in [2.75, 3.05) is 6.54 Å². The summed E-state index contributed by atoms with van der Waals surface area (Å²) in [5.41, 5.74) is 4.46. The molecule has 0 aliphatic carbocycles. The molecule has 0 spiro atoms. The monoisotopic (exact) mass is 371 g/mol. The number of amides is 1. The summed E-state index contributed by atoms with van der Waals surface area (Å²) >= 11 is 0. The molecular formula is C26H29NO. The van der Waals surface area contributed by atoms with E-state index in [1.165, 1.54) is 11.1 Å². The van der Waals surface area contributed by atoms with E-state index in [1.807, 2.05) is 53.4 Å². The van der Waals surface area contributed by atoms with Crippen LogP contribution in [0.15, 0.2) is 84.9 Å². The number of benzene rings is 3. The molecule has 0 saturated heterocycles.